The molecule has 0 amide bonds. The Morgan fingerprint density at radius 2 is 1.95 bits per heavy atom. The van der Waals surface area contributed by atoms with Crippen LogP contribution < -0.4 is 5.32 Å². The van der Waals surface area contributed by atoms with Crippen molar-refractivity contribution in [3.8, 4) is 6.07 Å². The predicted molar refractivity (Wildman–Crippen MR) is 88.5 cm³/mol. The zero-order chi connectivity index (χ0) is 15.8. The van der Waals surface area contributed by atoms with Crippen molar-refractivity contribution >= 4 is 17.7 Å². The maximum absolute atomic E-state index is 8.67. The zero-order valence-corrected chi connectivity index (χ0v) is 12.9. The van der Waals surface area contributed by atoms with Crippen LogP contribution in [0.25, 0.3) is 0 Å². The molecule has 5 nitrogen and oxygen atoms in total. The highest BCUT2D eigenvalue weighted by molar-refractivity contribution is 5.70. The van der Waals surface area contributed by atoms with Gasteiger partial charge < -0.3 is 5.32 Å². The number of rotatable bonds is 6. The molecule has 2 rings (SSSR count). The minimum Gasteiger partial charge on any atom is -0.368 e. The first-order chi connectivity index (χ1) is 10.7. The number of benzene rings is 1. The monoisotopic (exact) mass is 293 g/mol. The summed E-state index contributed by atoms with van der Waals surface area (Å²) in [6.07, 6.45) is 4.62. The van der Waals surface area contributed by atoms with E-state index in [1.54, 1.807) is 12.5 Å². The van der Waals surface area contributed by atoms with E-state index in [9.17, 15) is 0 Å². The van der Waals surface area contributed by atoms with Gasteiger partial charge in [0.05, 0.1) is 18.2 Å². The van der Waals surface area contributed by atoms with Crippen molar-refractivity contribution in [3.05, 3.63) is 47.4 Å². The lowest BCUT2D eigenvalue weighted by molar-refractivity contribution is 0.990. The van der Waals surface area contributed by atoms with Crippen molar-refractivity contribution < 1.29 is 0 Å². The van der Waals surface area contributed by atoms with Crippen molar-refractivity contribution in [2.45, 2.75) is 26.7 Å². The fourth-order valence-corrected chi connectivity index (χ4v) is 2.12. The van der Waals surface area contributed by atoms with E-state index in [1.165, 1.54) is 5.56 Å². The first kappa shape index (κ1) is 15.6. The second-order valence-electron chi connectivity index (χ2n) is 4.87. The van der Waals surface area contributed by atoms with E-state index >= 15 is 0 Å². The van der Waals surface area contributed by atoms with E-state index in [2.05, 4.69) is 38.5 Å². The SMILES string of the molecule is CC=Nc1c(C)ncnc1NCCc1ccc(CC#N)cc1. The third kappa shape index (κ3) is 4.13. The number of nitrogens with one attached hydrogen (secondary N) is 1. The third-order valence-corrected chi connectivity index (χ3v) is 3.28. The highest BCUT2D eigenvalue weighted by atomic mass is 15.0. The minimum atomic E-state index is 0.455. The average molecular weight is 293 g/mol. The maximum atomic E-state index is 8.67. The lowest BCUT2D eigenvalue weighted by Gasteiger charge is -2.09. The first-order valence-electron chi connectivity index (χ1n) is 7.23. The lowest BCUT2D eigenvalue weighted by Crippen LogP contribution is -2.07. The highest BCUT2D eigenvalue weighted by Crippen LogP contribution is 2.24. The van der Waals surface area contributed by atoms with E-state index in [1.807, 2.05) is 26.0 Å². The topological polar surface area (TPSA) is 74.0 Å². The highest BCUT2D eigenvalue weighted by Gasteiger charge is 2.06. The van der Waals surface area contributed by atoms with Crippen LogP contribution in [0.15, 0.2) is 35.6 Å². The number of aryl methyl sites for hydroxylation is 1. The minimum absolute atomic E-state index is 0.455. The Morgan fingerprint density at radius 1 is 1.23 bits per heavy atom. The largest absolute Gasteiger partial charge is 0.368 e. The Balaban J connectivity index is 1.96. The second kappa shape index (κ2) is 7.89. The summed E-state index contributed by atoms with van der Waals surface area (Å²) in [5.74, 6) is 0.756. The van der Waals surface area contributed by atoms with E-state index in [-0.39, 0.29) is 0 Å². The van der Waals surface area contributed by atoms with E-state index in [0.717, 1.165) is 35.7 Å². The summed E-state index contributed by atoms with van der Waals surface area (Å²) in [7, 11) is 0. The number of hydrogen-bond donors (Lipinski definition) is 1. The van der Waals surface area contributed by atoms with Gasteiger partial charge in [0.2, 0.25) is 0 Å². The second-order valence-corrected chi connectivity index (χ2v) is 4.87. The molecule has 1 heterocycles. The van der Waals surface area contributed by atoms with E-state index in [4.69, 9.17) is 5.26 Å². The molecule has 0 fully saturated rings. The Hall–Kier alpha value is -2.74. The van der Waals surface area contributed by atoms with Crippen molar-refractivity contribution in [1.29, 1.82) is 5.26 Å². The summed E-state index contributed by atoms with van der Waals surface area (Å²) >= 11 is 0. The number of nitrogens with zero attached hydrogens (tertiary/aromatic N) is 4. The normalized spacial score (nSPS) is 10.6. The fourth-order valence-electron chi connectivity index (χ4n) is 2.12. The number of hydrogen-bond acceptors (Lipinski definition) is 5. The van der Waals surface area contributed by atoms with Gasteiger partial charge in [0.15, 0.2) is 5.82 Å². The van der Waals surface area contributed by atoms with Crippen LogP contribution in [0, 0.1) is 18.3 Å². The molecule has 22 heavy (non-hydrogen) atoms. The van der Waals surface area contributed by atoms with Crippen molar-refractivity contribution in [1.82, 2.24) is 9.97 Å². The molecule has 0 atom stereocenters. The average Bonchev–Trinajstić information content (AvgIpc) is 2.52. The van der Waals surface area contributed by atoms with Gasteiger partial charge in [-0.2, -0.15) is 5.26 Å². The molecule has 0 aliphatic heterocycles. The van der Waals surface area contributed by atoms with Gasteiger partial charge in [-0.25, -0.2) is 9.97 Å². The Kier molecular flexibility index (Phi) is 5.61. The lowest BCUT2D eigenvalue weighted by atomic mass is 10.1. The van der Waals surface area contributed by atoms with Crippen molar-refractivity contribution in [2.75, 3.05) is 11.9 Å². The summed E-state index contributed by atoms with van der Waals surface area (Å²) in [6, 6.07) is 10.3. The van der Waals surface area contributed by atoms with Gasteiger partial charge in [0.1, 0.15) is 12.0 Å². The standard InChI is InChI=1S/C17H19N5/c1-3-19-16-13(2)21-12-22-17(16)20-11-9-15-6-4-14(5-7-15)8-10-18/h3-7,12H,8-9,11H2,1-2H3,(H,20,21,22). The van der Waals surface area contributed by atoms with Gasteiger partial charge >= 0.3 is 0 Å². The van der Waals surface area contributed by atoms with Gasteiger partial charge in [-0.05, 0) is 31.4 Å². The van der Waals surface area contributed by atoms with Crippen LogP contribution in [0.3, 0.4) is 0 Å². The third-order valence-electron chi connectivity index (χ3n) is 3.28. The number of aliphatic imine (C=N–C) groups is 1. The number of anilines is 1. The summed E-state index contributed by atoms with van der Waals surface area (Å²) in [4.78, 5) is 12.7. The molecular formula is C17H19N5. The Bertz CT molecular complexity index is 683. The van der Waals surface area contributed by atoms with Gasteiger partial charge in [0.25, 0.3) is 0 Å². The molecule has 1 aromatic heterocycles. The molecule has 0 saturated carbocycles. The van der Waals surface area contributed by atoms with Crippen LogP contribution in [-0.2, 0) is 12.8 Å². The molecule has 0 saturated heterocycles. The van der Waals surface area contributed by atoms with Crippen molar-refractivity contribution in [3.63, 3.8) is 0 Å². The van der Waals surface area contributed by atoms with Crippen LogP contribution >= 0.6 is 0 Å². The fraction of sp³-hybridized carbons (Fsp3) is 0.294. The molecule has 1 aromatic carbocycles. The molecule has 0 radical (unpaired) electrons. The summed E-state index contributed by atoms with van der Waals surface area (Å²) in [6.45, 7) is 4.56. The van der Waals surface area contributed by atoms with Crippen molar-refractivity contribution in [2.24, 2.45) is 4.99 Å². The Labute approximate surface area is 130 Å². The zero-order valence-electron chi connectivity index (χ0n) is 12.9. The van der Waals surface area contributed by atoms with E-state index < -0.39 is 0 Å². The molecule has 0 spiro atoms. The quantitative estimate of drug-likeness (QED) is 0.830. The number of aromatic nitrogens is 2. The molecule has 0 aliphatic rings. The molecule has 1 N–H and O–H groups in total. The molecule has 0 aliphatic carbocycles. The summed E-state index contributed by atoms with van der Waals surface area (Å²) in [5, 5.41) is 12.0. The maximum Gasteiger partial charge on any atom is 0.155 e. The van der Waals surface area contributed by atoms with Gasteiger partial charge in [-0.15, -0.1) is 0 Å². The number of nitriles is 1. The summed E-state index contributed by atoms with van der Waals surface area (Å²) < 4.78 is 0. The molecule has 0 unspecified atom stereocenters. The van der Waals surface area contributed by atoms with Crippen LogP contribution in [0.4, 0.5) is 11.5 Å². The molecule has 112 valence electrons. The molecule has 0 bridgehead atoms. The molecule has 2 aromatic rings. The van der Waals surface area contributed by atoms with E-state index in [0.29, 0.717) is 6.42 Å². The summed E-state index contributed by atoms with van der Waals surface area (Å²) in [5.41, 5.74) is 3.91. The van der Waals surface area contributed by atoms with Gasteiger partial charge in [-0.3, -0.25) is 4.99 Å². The van der Waals surface area contributed by atoms with Gasteiger partial charge in [0, 0.05) is 12.8 Å². The molecular weight excluding hydrogens is 274 g/mol. The van der Waals surface area contributed by atoms with Crippen LogP contribution in [0.1, 0.15) is 23.7 Å². The smallest absolute Gasteiger partial charge is 0.155 e. The molecule has 5 heteroatoms. The Morgan fingerprint density at radius 3 is 2.64 bits per heavy atom. The van der Waals surface area contributed by atoms with Crippen LogP contribution in [0.5, 0.6) is 0 Å². The predicted octanol–water partition coefficient (Wildman–Crippen LogP) is 3.23. The van der Waals surface area contributed by atoms with Gasteiger partial charge in [-0.1, -0.05) is 24.3 Å². The van der Waals surface area contributed by atoms with Crippen LogP contribution in [0.2, 0.25) is 0 Å². The van der Waals surface area contributed by atoms with Crippen LogP contribution in [-0.4, -0.2) is 22.7 Å². The first-order valence-corrected chi connectivity index (χ1v) is 7.23.